The summed E-state index contributed by atoms with van der Waals surface area (Å²) in [5.41, 5.74) is 2.62. The molecule has 1 nitrogen and oxygen atoms in total. The predicted molar refractivity (Wildman–Crippen MR) is 76.4 cm³/mol. The molecule has 0 spiro atoms. The van der Waals surface area contributed by atoms with Gasteiger partial charge in [-0.2, -0.15) is 11.3 Å². The number of fused-ring (bicyclic) bond motifs is 4. The molecule has 1 aliphatic rings. The Hall–Kier alpha value is -1.67. The van der Waals surface area contributed by atoms with E-state index >= 15 is 0 Å². The average Bonchev–Trinajstić information content (AvgIpc) is 2.83. The molecule has 0 unspecified atom stereocenters. The zero-order valence-electron chi connectivity index (χ0n) is 9.90. The maximum atomic E-state index is 11.7. The van der Waals surface area contributed by atoms with Crippen molar-refractivity contribution in [3.63, 3.8) is 0 Å². The summed E-state index contributed by atoms with van der Waals surface area (Å²) in [6, 6.07) is 8.88. The molecule has 0 bridgehead atoms. The summed E-state index contributed by atoms with van der Waals surface area (Å²) in [5.74, 6) is 0.375. The van der Waals surface area contributed by atoms with Gasteiger partial charge in [-0.3, -0.25) is 4.79 Å². The highest BCUT2D eigenvalue weighted by molar-refractivity contribution is 7.09. The van der Waals surface area contributed by atoms with E-state index in [1.54, 1.807) is 11.3 Å². The summed E-state index contributed by atoms with van der Waals surface area (Å²) in [6.45, 7) is 0. The molecular formula is C16H12OS. The molecule has 2 heteroatoms. The molecule has 4 rings (SSSR count). The van der Waals surface area contributed by atoms with E-state index in [4.69, 9.17) is 0 Å². The molecule has 3 aromatic rings. The molecule has 1 heterocycles. The number of benzene rings is 2. The molecule has 18 heavy (non-hydrogen) atoms. The minimum absolute atomic E-state index is 0.375. The zero-order valence-corrected chi connectivity index (χ0v) is 10.7. The summed E-state index contributed by atoms with van der Waals surface area (Å²) in [7, 11) is 0. The summed E-state index contributed by atoms with van der Waals surface area (Å²) < 4.78 is 0. The standard InChI is InChI=1S/C16H12OS/c17-14-4-3-10-1-2-11-5-12-8-18-9-13(12)6-15(11)16(10)7-14/h1-2,5-6,8-9H,3-4,7H2. The Morgan fingerprint density at radius 3 is 2.67 bits per heavy atom. The van der Waals surface area contributed by atoms with Crippen molar-refractivity contribution in [2.75, 3.05) is 0 Å². The maximum Gasteiger partial charge on any atom is 0.137 e. The molecule has 1 aromatic heterocycles. The van der Waals surface area contributed by atoms with E-state index in [1.165, 1.54) is 32.7 Å². The quantitative estimate of drug-likeness (QED) is 0.588. The van der Waals surface area contributed by atoms with Crippen LogP contribution >= 0.6 is 11.3 Å². The SMILES string of the molecule is O=C1CCc2ccc3cc4cscc4cc3c2C1. The van der Waals surface area contributed by atoms with Crippen molar-refractivity contribution in [1.82, 2.24) is 0 Å². The second-order valence-electron chi connectivity index (χ2n) is 4.99. The van der Waals surface area contributed by atoms with Gasteiger partial charge in [-0.15, -0.1) is 0 Å². The van der Waals surface area contributed by atoms with Gasteiger partial charge in [0, 0.05) is 12.8 Å². The molecule has 0 aliphatic heterocycles. The van der Waals surface area contributed by atoms with Crippen LogP contribution in [0.4, 0.5) is 0 Å². The van der Waals surface area contributed by atoms with E-state index in [0.717, 1.165) is 6.42 Å². The number of hydrogen-bond donors (Lipinski definition) is 0. The van der Waals surface area contributed by atoms with Gasteiger partial charge in [-0.05, 0) is 62.0 Å². The van der Waals surface area contributed by atoms with Crippen LogP contribution in [0.2, 0.25) is 0 Å². The second kappa shape index (κ2) is 3.66. The first-order valence-corrected chi connectivity index (χ1v) is 7.18. The molecule has 1 aliphatic carbocycles. The third-order valence-electron chi connectivity index (χ3n) is 3.87. The van der Waals surface area contributed by atoms with Gasteiger partial charge in [0.2, 0.25) is 0 Å². The number of thiophene rings is 1. The smallest absolute Gasteiger partial charge is 0.137 e. The van der Waals surface area contributed by atoms with Gasteiger partial charge in [-0.1, -0.05) is 12.1 Å². The Kier molecular flexibility index (Phi) is 2.09. The Bertz CT molecular complexity index is 782. The first-order chi connectivity index (χ1) is 8.81. The summed E-state index contributed by atoms with van der Waals surface area (Å²) in [6.07, 6.45) is 2.23. The van der Waals surface area contributed by atoms with E-state index in [0.29, 0.717) is 18.6 Å². The van der Waals surface area contributed by atoms with Crippen LogP contribution < -0.4 is 0 Å². The summed E-state index contributed by atoms with van der Waals surface area (Å²) in [4.78, 5) is 11.7. The lowest BCUT2D eigenvalue weighted by atomic mass is 9.86. The van der Waals surface area contributed by atoms with E-state index in [9.17, 15) is 4.79 Å². The van der Waals surface area contributed by atoms with Crippen molar-refractivity contribution in [2.24, 2.45) is 0 Å². The molecule has 2 aromatic carbocycles. The monoisotopic (exact) mass is 252 g/mol. The Labute approximate surface area is 109 Å². The van der Waals surface area contributed by atoms with Gasteiger partial charge < -0.3 is 0 Å². The third kappa shape index (κ3) is 1.42. The molecule has 0 N–H and O–H groups in total. The fourth-order valence-corrected chi connectivity index (χ4v) is 3.67. The largest absolute Gasteiger partial charge is 0.299 e. The average molecular weight is 252 g/mol. The van der Waals surface area contributed by atoms with E-state index in [2.05, 4.69) is 35.0 Å². The number of rotatable bonds is 0. The highest BCUT2D eigenvalue weighted by Gasteiger charge is 2.17. The summed E-state index contributed by atoms with van der Waals surface area (Å²) in [5, 5.41) is 9.48. The number of ketones is 1. The number of carbonyl (C=O) groups excluding carboxylic acids is 1. The maximum absolute atomic E-state index is 11.7. The molecule has 0 atom stereocenters. The molecule has 0 amide bonds. The molecule has 0 saturated carbocycles. The van der Waals surface area contributed by atoms with Crippen molar-refractivity contribution in [3.05, 3.63) is 46.2 Å². The predicted octanol–water partition coefficient (Wildman–Crippen LogP) is 4.11. The lowest BCUT2D eigenvalue weighted by Gasteiger charge is -2.17. The van der Waals surface area contributed by atoms with Gasteiger partial charge in [-0.25, -0.2) is 0 Å². The van der Waals surface area contributed by atoms with Gasteiger partial charge in [0.1, 0.15) is 5.78 Å². The highest BCUT2D eigenvalue weighted by Crippen LogP contribution is 2.32. The minimum Gasteiger partial charge on any atom is -0.299 e. The van der Waals surface area contributed by atoms with E-state index in [-0.39, 0.29) is 0 Å². The number of carbonyl (C=O) groups is 1. The topological polar surface area (TPSA) is 17.1 Å². The van der Waals surface area contributed by atoms with Gasteiger partial charge >= 0.3 is 0 Å². The molecule has 0 radical (unpaired) electrons. The number of hydrogen-bond acceptors (Lipinski definition) is 2. The number of Topliss-reactive ketones (excluding diaryl/α,β-unsaturated/α-hetero) is 1. The molecular weight excluding hydrogens is 240 g/mol. The molecule has 0 fully saturated rings. The van der Waals surface area contributed by atoms with Crippen LogP contribution in [0.3, 0.4) is 0 Å². The third-order valence-corrected chi connectivity index (χ3v) is 4.65. The molecule has 88 valence electrons. The van der Waals surface area contributed by atoms with Crippen molar-refractivity contribution in [1.29, 1.82) is 0 Å². The lowest BCUT2D eigenvalue weighted by molar-refractivity contribution is -0.118. The zero-order chi connectivity index (χ0) is 12.1. The van der Waals surface area contributed by atoms with Crippen LogP contribution in [-0.2, 0) is 17.6 Å². The Morgan fingerprint density at radius 1 is 0.944 bits per heavy atom. The summed E-state index contributed by atoms with van der Waals surface area (Å²) >= 11 is 1.73. The van der Waals surface area contributed by atoms with Crippen LogP contribution in [0.5, 0.6) is 0 Å². The Morgan fingerprint density at radius 2 is 1.78 bits per heavy atom. The second-order valence-corrected chi connectivity index (χ2v) is 5.74. The first-order valence-electron chi connectivity index (χ1n) is 6.23. The van der Waals surface area contributed by atoms with Crippen molar-refractivity contribution in [2.45, 2.75) is 19.3 Å². The normalized spacial score (nSPS) is 15.2. The van der Waals surface area contributed by atoms with Gasteiger partial charge in [0.15, 0.2) is 0 Å². The lowest BCUT2D eigenvalue weighted by Crippen LogP contribution is -2.13. The minimum atomic E-state index is 0.375. The highest BCUT2D eigenvalue weighted by atomic mass is 32.1. The van der Waals surface area contributed by atoms with Crippen molar-refractivity contribution >= 4 is 38.7 Å². The van der Waals surface area contributed by atoms with E-state index in [1.807, 2.05) is 0 Å². The van der Waals surface area contributed by atoms with Crippen LogP contribution in [0.25, 0.3) is 21.5 Å². The van der Waals surface area contributed by atoms with Gasteiger partial charge in [0.05, 0.1) is 0 Å². The Balaban J connectivity index is 2.11. The van der Waals surface area contributed by atoms with Crippen molar-refractivity contribution < 1.29 is 4.79 Å². The van der Waals surface area contributed by atoms with Crippen LogP contribution in [-0.4, -0.2) is 5.78 Å². The van der Waals surface area contributed by atoms with Crippen LogP contribution in [0.15, 0.2) is 35.0 Å². The first kappa shape index (κ1) is 10.3. The van der Waals surface area contributed by atoms with E-state index < -0.39 is 0 Å². The fourth-order valence-electron chi connectivity index (χ4n) is 2.90. The fraction of sp³-hybridized carbons (Fsp3) is 0.188. The van der Waals surface area contributed by atoms with Crippen molar-refractivity contribution in [3.8, 4) is 0 Å². The van der Waals surface area contributed by atoms with Crippen LogP contribution in [0.1, 0.15) is 17.5 Å². The van der Waals surface area contributed by atoms with Gasteiger partial charge in [0.25, 0.3) is 0 Å². The number of aryl methyl sites for hydroxylation is 1. The van der Waals surface area contributed by atoms with Crippen LogP contribution in [0, 0.1) is 0 Å². The molecule has 0 saturated heterocycles.